The van der Waals surface area contributed by atoms with Crippen LogP contribution in [-0.4, -0.2) is 22.2 Å². The second-order valence-electron chi connectivity index (χ2n) is 5.12. The van der Waals surface area contributed by atoms with Crippen LogP contribution in [0.4, 0.5) is 0 Å². The molecule has 1 aliphatic carbocycles. The molecule has 1 aliphatic rings. The van der Waals surface area contributed by atoms with Gasteiger partial charge in [-0.1, -0.05) is 31.4 Å². The molecule has 0 bridgehead atoms. The first-order valence-electron chi connectivity index (χ1n) is 6.95. The van der Waals surface area contributed by atoms with Crippen LogP contribution >= 0.6 is 0 Å². The molecule has 4 heteroatoms. The molecule has 0 aromatic heterocycles. The first kappa shape index (κ1) is 16.2. The summed E-state index contributed by atoms with van der Waals surface area (Å²) in [4.78, 5) is 10.5. The number of carbonyl (C=O) groups is 1. The first-order valence-corrected chi connectivity index (χ1v) is 6.95. The highest BCUT2D eigenvalue weighted by Crippen LogP contribution is 2.14. The van der Waals surface area contributed by atoms with Crippen molar-refractivity contribution >= 4 is 12.0 Å². The van der Waals surface area contributed by atoms with Gasteiger partial charge in [0.15, 0.2) is 0 Å². The molecule has 0 heterocycles. The Labute approximate surface area is 119 Å². The number of aliphatic carboxylic acids is 1. The smallest absolute Gasteiger partial charge is 0.331 e. The summed E-state index contributed by atoms with van der Waals surface area (Å²) in [6.07, 6.45) is 8.21. The van der Waals surface area contributed by atoms with Crippen molar-refractivity contribution in [2.24, 2.45) is 5.73 Å². The van der Waals surface area contributed by atoms with E-state index in [4.69, 9.17) is 15.9 Å². The number of phenols is 1. The van der Waals surface area contributed by atoms with Gasteiger partial charge in [0, 0.05) is 11.6 Å². The number of carboxylic acid groups (broad SMARTS) is 1. The number of rotatable bonds is 2. The zero-order valence-corrected chi connectivity index (χ0v) is 11.9. The van der Waals surface area contributed by atoms with E-state index in [1.165, 1.54) is 51.2 Å². The van der Waals surface area contributed by atoms with Crippen LogP contribution in [0.15, 0.2) is 29.8 Å². The van der Waals surface area contributed by atoms with E-state index in [0.29, 0.717) is 6.04 Å². The van der Waals surface area contributed by atoms with Crippen molar-refractivity contribution in [3.63, 3.8) is 0 Å². The molecule has 0 amide bonds. The maximum absolute atomic E-state index is 10.5. The van der Waals surface area contributed by atoms with Gasteiger partial charge < -0.3 is 15.9 Å². The molecule has 2 rings (SSSR count). The van der Waals surface area contributed by atoms with Gasteiger partial charge in [0.2, 0.25) is 0 Å². The van der Waals surface area contributed by atoms with Gasteiger partial charge in [-0.3, -0.25) is 0 Å². The number of phenolic OH excluding ortho intramolecular Hbond substituents is 1. The Morgan fingerprint density at radius 1 is 1.20 bits per heavy atom. The van der Waals surface area contributed by atoms with Crippen LogP contribution in [0.3, 0.4) is 0 Å². The molecule has 110 valence electrons. The molecule has 0 spiro atoms. The van der Waals surface area contributed by atoms with Crippen molar-refractivity contribution < 1.29 is 15.0 Å². The third-order valence-electron chi connectivity index (χ3n) is 3.26. The van der Waals surface area contributed by atoms with Crippen molar-refractivity contribution in [1.29, 1.82) is 0 Å². The third-order valence-corrected chi connectivity index (χ3v) is 3.26. The third kappa shape index (κ3) is 6.38. The van der Waals surface area contributed by atoms with E-state index in [2.05, 4.69) is 0 Å². The van der Waals surface area contributed by atoms with Crippen molar-refractivity contribution in [2.75, 3.05) is 0 Å². The summed E-state index contributed by atoms with van der Waals surface area (Å²) in [6, 6.07) is 6.87. The second kappa shape index (κ2) is 8.38. The predicted molar refractivity (Wildman–Crippen MR) is 80.5 cm³/mol. The van der Waals surface area contributed by atoms with Gasteiger partial charge in [0.1, 0.15) is 5.75 Å². The Morgan fingerprint density at radius 3 is 2.15 bits per heavy atom. The van der Waals surface area contributed by atoms with Gasteiger partial charge >= 0.3 is 5.97 Å². The fourth-order valence-electron chi connectivity index (χ4n) is 2.02. The van der Waals surface area contributed by atoms with Crippen LogP contribution in [0.2, 0.25) is 0 Å². The van der Waals surface area contributed by atoms with Gasteiger partial charge in [0.25, 0.3) is 0 Å². The van der Waals surface area contributed by atoms with Crippen molar-refractivity contribution in [3.05, 3.63) is 35.4 Å². The molecule has 1 aromatic rings. The molecule has 20 heavy (non-hydrogen) atoms. The lowest BCUT2D eigenvalue weighted by atomic mass is 9.97. The van der Waals surface area contributed by atoms with Crippen LogP contribution in [-0.2, 0) is 4.79 Å². The summed E-state index contributed by atoms with van der Waals surface area (Å²) in [5.74, 6) is -0.766. The second-order valence-corrected chi connectivity index (χ2v) is 5.12. The molecular weight excluding hydrogens is 254 g/mol. The molecule has 1 aromatic carbocycles. The number of hydrogen-bond donors (Lipinski definition) is 3. The topological polar surface area (TPSA) is 83.5 Å². The average molecular weight is 277 g/mol. The number of hydrogen-bond acceptors (Lipinski definition) is 3. The number of carboxylic acids is 1. The number of benzene rings is 1. The Kier molecular flexibility index (Phi) is 6.81. The summed E-state index contributed by atoms with van der Waals surface area (Å²) in [6.45, 7) is 1.52. The standard InChI is InChI=1S/C10H10O3.C6H13N/c1-7(10(12)13)6-8-2-4-9(11)5-3-8;7-6-4-2-1-3-5-6/h2-6,11H,1H3,(H,12,13);6H,1-5,7H2. The summed E-state index contributed by atoms with van der Waals surface area (Å²) in [5, 5.41) is 17.5. The van der Waals surface area contributed by atoms with E-state index in [1.807, 2.05) is 0 Å². The Bertz CT molecular complexity index is 445. The molecular formula is C16H23NO3. The van der Waals surface area contributed by atoms with E-state index in [-0.39, 0.29) is 11.3 Å². The average Bonchev–Trinajstić information content (AvgIpc) is 2.43. The predicted octanol–water partition coefficient (Wildman–Crippen LogP) is 3.16. The van der Waals surface area contributed by atoms with Crippen LogP contribution in [0.5, 0.6) is 5.75 Å². The van der Waals surface area contributed by atoms with Crippen LogP contribution in [0, 0.1) is 0 Å². The fourth-order valence-corrected chi connectivity index (χ4v) is 2.02. The largest absolute Gasteiger partial charge is 0.508 e. The zero-order valence-electron chi connectivity index (χ0n) is 11.9. The van der Waals surface area contributed by atoms with Crippen molar-refractivity contribution in [3.8, 4) is 5.75 Å². The zero-order chi connectivity index (χ0) is 15.0. The molecule has 0 atom stereocenters. The van der Waals surface area contributed by atoms with Crippen molar-refractivity contribution in [2.45, 2.75) is 45.1 Å². The monoisotopic (exact) mass is 277 g/mol. The van der Waals surface area contributed by atoms with Crippen molar-refractivity contribution in [1.82, 2.24) is 0 Å². The normalized spacial score (nSPS) is 16.2. The van der Waals surface area contributed by atoms with Crippen LogP contribution in [0.25, 0.3) is 6.08 Å². The van der Waals surface area contributed by atoms with E-state index >= 15 is 0 Å². The first-order chi connectivity index (χ1) is 9.49. The summed E-state index contributed by atoms with van der Waals surface area (Å²) >= 11 is 0. The summed E-state index contributed by atoms with van der Waals surface area (Å²) in [7, 11) is 0. The molecule has 1 fully saturated rings. The maximum atomic E-state index is 10.5. The summed E-state index contributed by atoms with van der Waals surface area (Å²) in [5.41, 5.74) is 6.67. The minimum absolute atomic E-state index is 0.171. The molecule has 0 aliphatic heterocycles. The maximum Gasteiger partial charge on any atom is 0.331 e. The molecule has 4 nitrogen and oxygen atoms in total. The van der Waals surface area contributed by atoms with E-state index in [1.54, 1.807) is 18.2 Å². The molecule has 1 saturated carbocycles. The molecule has 0 radical (unpaired) electrons. The molecule has 4 N–H and O–H groups in total. The van der Waals surface area contributed by atoms with Gasteiger partial charge in [-0.25, -0.2) is 4.79 Å². The quantitative estimate of drug-likeness (QED) is 0.725. The van der Waals surface area contributed by atoms with Gasteiger partial charge in [-0.15, -0.1) is 0 Å². The highest BCUT2D eigenvalue weighted by molar-refractivity contribution is 5.91. The lowest BCUT2D eigenvalue weighted by Crippen LogP contribution is -2.22. The Morgan fingerprint density at radius 2 is 1.75 bits per heavy atom. The van der Waals surface area contributed by atoms with Crippen LogP contribution in [0.1, 0.15) is 44.6 Å². The van der Waals surface area contributed by atoms with Gasteiger partial charge in [-0.2, -0.15) is 0 Å². The SMILES string of the molecule is CC(=Cc1ccc(O)cc1)C(=O)O.NC1CCCCC1. The minimum Gasteiger partial charge on any atom is -0.508 e. The van der Waals surface area contributed by atoms with E-state index in [0.717, 1.165) is 5.56 Å². The number of nitrogens with two attached hydrogens (primary N) is 1. The molecule has 0 unspecified atom stereocenters. The lowest BCUT2D eigenvalue weighted by molar-refractivity contribution is -0.132. The minimum atomic E-state index is -0.937. The van der Waals surface area contributed by atoms with Gasteiger partial charge in [-0.05, 0) is 43.5 Å². The lowest BCUT2D eigenvalue weighted by Gasteiger charge is -2.15. The number of aromatic hydroxyl groups is 1. The highest BCUT2D eigenvalue weighted by Gasteiger charge is 2.06. The van der Waals surface area contributed by atoms with E-state index < -0.39 is 5.97 Å². The fraction of sp³-hybridized carbons (Fsp3) is 0.438. The Hall–Kier alpha value is -1.81. The van der Waals surface area contributed by atoms with E-state index in [9.17, 15) is 4.79 Å². The summed E-state index contributed by atoms with van der Waals surface area (Å²) < 4.78 is 0. The Balaban J connectivity index is 0.000000240. The van der Waals surface area contributed by atoms with Gasteiger partial charge in [0.05, 0.1) is 0 Å². The van der Waals surface area contributed by atoms with Crippen LogP contribution < -0.4 is 5.73 Å². The highest BCUT2D eigenvalue weighted by atomic mass is 16.4. The molecule has 0 saturated heterocycles.